The zero-order valence-corrected chi connectivity index (χ0v) is 16.3. The van der Waals surface area contributed by atoms with Crippen LogP contribution < -0.4 is 10.5 Å². The van der Waals surface area contributed by atoms with Gasteiger partial charge in [-0.05, 0) is 61.2 Å². The molecule has 1 amide bonds. The number of benzene rings is 2. The predicted octanol–water partition coefficient (Wildman–Crippen LogP) is 4.39. The number of nitrogens with zero attached hydrogens (tertiary/aromatic N) is 2. The molecule has 4 rings (SSSR count). The van der Waals surface area contributed by atoms with E-state index in [1.807, 2.05) is 62.4 Å². The van der Waals surface area contributed by atoms with Crippen molar-refractivity contribution in [1.29, 1.82) is 0 Å². The summed E-state index contributed by atoms with van der Waals surface area (Å²) in [6.07, 6.45) is 3.17. The number of aryl methyl sites for hydroxylation is 2. The number of H-pyrrole nitrogens is 1. The van der Waals surface area contributed by atoms with Crippen LogP contribution in [0.5, 0.6) is 0 Å². The van der Waals surface area contributed by atoms with Crippen molar-refractivity contribution in [1.82, 2.24) is 9.97 Å². The third-order valence-corrected chi connectivity index (χ3v) is 4.91. The van der Waals surface area contributed by atoms with Crippen LogP contribution in [0.3, 0.4) is 0 Å². The summed E-state index contributed by atoms with van der Waals surface area (Å²) >= 11 is 0. The van der Waals surface area contributed by atoms with Crippen molar-refractivity contribution in [2.45, 2.75) is 20.4 Å². The minimum Gasteiger partial charge on any atom is -0.322 e. The van der Waals surface area contributed by atoms with E-state index in [1.165, 1.54) is 6.20 Å². The van der Waals surface area contributed by atoms with E-state index in [1.54, 1.807) is 23.2 Å². The molecule has 0 saturated carbocycles. The van der Waals surface area contributed by atoms with E-state index >= 15 is 0 Å². The third kappa shape index (κ3) is 3.94. The lowest BCUT2D eigenvalue weighted by molar-refractivity contribution is 0.0984. The maximum Gasteiger partial charge on any atom is 0.260 e. The highest BCUT2D eigenvalue weighted by atomic mass is 16.2. The Morgan fingerprint density at radius 2 is 1.76 bits per heavy atom. The summed E-state index contributed by atoms with van der Waals surface area (Å²) in [4.78, 5) is 34.6. The predicted molar refractivity (Wildman–Crippen MR) is 115 cm³/mol. The van der Waals surface area contributed by atoms with E-state index in [-0.39, 0.29) is 18.0 Å². The Bertz CT molecular complexity index is 1230. The molecule has 0 radical (unpaired) electrons. The van der Waals surface area contributed by atoms with E-state index < -0.39 is 0 Å². The van der Waals surface area contributed by atoms with Crippen LogP contribution in [0, 0.1) is 13.8 Å². The van der Waals surface area contributed by atoms with Gasteiger partial charge in [0.15, 0.2) is 0 Å². The van der Waals surface area contributed by atoms with Gasteiger partial charge in [0.25, 0.3) is 11.5 Å². The van der Waals surface area contributed by atoms with Gasteiger partial charge in [0.1, 0.15) is 0 Å². The van der Waals surface area contributed by atoms with Crippen molar-refractivity contribution in [3.63, 3.8) is 0 Å². The van der Waals surface area contributed by atoms with Gasteiger partial charge in [-0.15, -0.1) is 0 Å². The number of carbonyl (C=O) groups excluding carboxylic acids is 1. The molecule has 0 aliphatic rings. The fraction of sp³-hybridized carbons (Fsp3) is 0.125. The van der Waals surface area contributed by atoms with Gasteiger partial charge in [-0.1, -0.05) is 29.8 Å². The molecule has 0 unspecified atom stereocenters. The Labute approximate surface area is 168 Å². The Kier molecular flexibility index (Phi) is 4.96. The molecule has 1 N–H and O–H groups in total. The Hall–Kier alpha value is -3.73. The van der Waals surface area contributed by atoms with Crippen molar-refractivity contribution >= 4 is 22.5 Å². The number of hydrogen-bond donors (Lipinski definition) is 1. The number of rotatable bonds is 4. The molecule has 0 saturated heterocycles. The molecule has 0 spiro atoms. The number of amides is 1. The number of nitrogens with one attached hydrogen (secondary N) is 1. The minimum atomic E-state index is -0.203. The Balaban J connectivity index is 1.77. The van der Waals surface area contributed by atoms with Crippen molar-refractivity contribution in [3.05, 3.63) is 106 Å². The van der Waals surface area contributed by atoms with Crippen LogP contribution in [-0.4, -0.2) is 15.9 Å². The van der Waals surface area contributed by atoms with E-state index in [4.69, 9.17) is 0 Å². The molecule has 0 aliphatic heterocycles. The summed E-state index contributed by atoms with van der Waals surface area (Å²) in [5.74, 6) is -0.203. The van der Waals surface area contributed by atoms with E-state index in [0.29, 0.717) is 11.1 Å². The second kappa shape index (κ2) is 7.72. The fourth-order valence-corrected chi connectivity index (χ4v) is 3.30. The van der Waals surface area contributed by atoms with E-state index in [9.17, 15) is 9.59 Å². The van der Waals surface area contributed by atoms with Crippen LogP contribution in [-0.2, 0) is 6.54 Å². The molecule has 0 atom stereocenters. The second-order valence-electron chi connectivity index (χ2n) is 7.18. The lowest BCUT2D eigenvalue weighted by Gasteiger charge is -2.23. The molecule has 0 aliphatic carbocycles. The number of hydrogen-bond acceptors (Lipinski definition) is 3. The molecular formula is C24H21N3O2. The standard InChI is InChI=1S/C24H21N3O2/c1-16-6-9-21(10-7-16)27(24(29)19-4-3-11-25-14-19)15-20-13-18-8-5-17(2)12-22(18)26-23(20)28/h3-14H,15H2,1-2H3,(H,26,28). The molecule has 2 aromatic carbocycles. The number of anilines is 1. The molecular weight excluding hydrogens is 362 g/mol. The quantitative estimate of drug-likeness (QED) is 0.568. The zero-order chi connectivity index (χ0) is 20.4. The van der Waals surface area contributed by atoms with Gasteiger partial charge in [0, 0.05) is 29.2 Å². The number of pyridine rings is 2. The van der Waals surface area contributed by atoms with Gasteiger partial charge in [-0.2, -0.15) is 0 Å². The first kappa shape index (κ1) is 18.6. The largest absolute Gasteiger partial charge is 0.322 e. The zero-order valence-electron chi connectivity index (χ0n) is 16.3. The van der Waals surface area contributed by atoms with Crippen LogP contribution >= 0.6 is 0 Å². The minimum absolute atomic E-state index is 0.163. The highest BCUT2D eigenvalue weighted by molar-refractivity contribution is 6.05. The molecule has 4 aromatic rings. The van der Waals surface area contributed by atoms with Crippen molar-refractivity contribution in [3.8, 4) is 0 Å². The SMILES string of the molecule is Cc1ccc(N(Cc2cc3ccc(C)cc3[nH]c2=O)C(=O)c2cccnc2)cc1. The maximum absolute atomic E-state index is 13.2. The first-order valence-corrected chi connectivity index (χ1v) is 9.42. The second-order valence-corrected chi connectivity index (χ2v) is 7.18. The van der Waals surface area contributed by atoms with E-state index in [0.717, 1.165) is 27.7 Å². The molecule has 2 aromatic heterocycles. The summed E-state index contributed by atoms with van der Waals surface area (Å²) in [6.45, 7) is 4.14. The number of aromatic amines is 1. The third-order valence-electron chi connectivity index (χ3n) is 4.91. The molecule has 0 fully saturated rings. The van der Waals surface area contributed by atoms with Gasteiger partial charge < -0.3 is 9.88 Å². The molecule has 2 heterocycles. The lowest BCUT2D eigenvalue weighted by atomic mass is 10.1. The van der Waals surface area contributed by atoms with Crippen LogP contribution in [0.25, 0.3) is 10.9 Å². The van der Waals surface area contributed by atoms with Crippen LogP contribution in [0.15, 0.2) is 77.9 Å². The number of aromatic nitrogens is 2. The smallest absolute Gasteiger partial charge is 0.260 e. The van der Waals surface area contributed by atoms with Crippen molar-refractivity contribution < 1.29 is 4.79 Å². The summed E-state index contributed by atoms with van der Waals surface area (Å²) in [6, 6.07) is 18.9. The average molecular weight is 383 g/mol. The maximum atomic E-state index is 13.2. The summed E-state index contributed by atoms with van der Waals surface area (Å²) in [5, 5.41) is 0.933. The van der Waals surface area contributed by atoms with Gasteiger partial charge in [0.2, 0.25) is 0 Å². The fourth-order valence-electron chi connectivity index (χ4n) is 3.30. The first-order chi connectivity index (χ1) is 14.0. The van der Waals surface area contributed by atoms with Crippen LogP contribution in [0.1, 0.15) is 27.0 Å². The van der Waals surface area contributed by atoms with E-state index in [2.05, 4.69) is 9.97 Å². The van der Waals surface area contributed by atoms with Gasteiger partial charge in [-0.3, -0.25) is 14.6 Å². The van der Waals surface area contributed by atoms with Gasteiger partial charge in [0.05, 0.1) is 12.1 Å². The lowest BCUT2D eigenvalue weighted by Crippen LogP contribution is -2.33. The van der Waals surface area contributed by atoms with Gasteiger partial charge in [-0.25, -0.2) is 0 Å². The van der Waals surface area contributed by atoms with Crippen LogP contribution in [0.4, 0.5) is 5.69 Å². The topological polar surface area (TPSA) is 66.1 Å². The van der Waals surface area contributed by atoms with Crippen molar-refractivity contribution in [2.75, 3.05) is 4.90 Å². The monoisotopic (exact) mass is 383 g/mol. The number of carbonyl (C=O) groups is 1. The molecule has 5 nitrogen and oxygen atoms in total. The average Bonchev–Trinajstić information content (AvgIpc) is 2.73. The van der Waals surface area contributed by atoms with Crippen LogP contribution in [0.2, 0.25) is 0 Å². The normalized spacial score (nSPS) is 10.8. The highest BCUT2D eigenvalue weighted by Crippen LogP contribution is 2.21. The Morgan fingerprint density at radius 3 is 2.48 bits per heavy atom. The number of fused-ring (bicyclic) bond motifs is 1. The summed E-state index contributed by atoms with van der Waals surface area (Å²) in [5.41, 5.74) is 4.50. The summed E-state index contributed by atoms with van der Waals surface area (Å²) in [7, 11) is 0. The molecule has 144 valence electrons. The highest BCUT2D eigenvalue weighted by Gasteiger charge is 2.20. The Morgan fingerprint density at radius 1 is 1.00 bits per heavy atom. The molecule has 29 heavy (non-hydrogen) atoms. The van der Waals surface area contributed by atoms with Gasteiger partial charge >= 0.3 is 0 Å². The summed E-state index contributed by atoms with van der Waals surface area (Å²) < 4.78 is 0. The molecule has 5 heteroatoms. The van der Waals surface area contributed by atoms with Crippen molar-refractivity contribution in [2.24, 2.45) is 0 Å². The first-order valence-electron chi connectivity index (χ1n) is 9.42. The molecule has 0 bridgehead atoms.